The van der Waals surface area contributed by atoms with Crippen molar-refractivity contribution >= 4 is 17.3 Å². The van der Waals surface area contributed by atoms with E-state index >= 15 is 0 Å². The quantitative estimate of drug-likeness (QED) is 0.617. The second kappa shape index (κ2) is 4.29. The number of para-hydroxylation sites is 1. The molecule has 1 aromatic carbocycles. The van der Waals surface area contributed by atoms with Crippen LogP contribution in [0.2, 0.25) is 0 Å². The average Bonchev–Trinajstić information content (AvgIpc) is 3.08. The lowest BCUT2D eigenvalue weighted by Crippen LogP contribution is -2.24. The zero-order chi connectivity index (χ0) is 13.3. The van der Waals surface area contributed by atoms with Gasteiger partial charge >= 0.3 is 5.97 Å². The normalized spacial score (nSPS) is 16.1. The summed E-state index contributed by atoms with van der Waals surface area (Å²) in [5.74, 6) is -0.841. The van der Waals surface area contributed by atoms with Crippen molar-refractivity contribution in [1.29, 1.82) is 0 Å². The van der Waals surface area contributed by atoms with Crippen LogP contribution in [0.5, 0.6) is 0 Å². The molecule has 1 aliphatic rings. The molecule has 0 bridgehead atoms. The lowest BCUT2D eigenvalue weighted by Gasteiger charge is -2.14. The van der Waals surface area contributed by atoms with Gasteiger partial charge in [-0.15, -0.1) is 0 Å². The Balaban J connectivity index is 2.19. The Hall–Kier alpha value is -2.11. The standard InChI is InChI=1S/C12H14N2O4/c1-8-3-2-4-9(14(17)18)10(8)13-7-12(5-6-12)11(15)16/h2-4,13H,5-7H2,1H3,(H,15,16). The molecular weight excluding hydrogens is 236 g/mol. The van der Waals surface area contributed by atoms with Crippen LogP contribution in [0.1, 0.15) is 18.4 Å². The van der Waals surface area contributed by atoms with E-state index in [1.807, 2.05) is 0 Å². The van der Waals surface area contributed by atoms with Gasteiger partial charge in [0, 0.05) is 12.6 Å². The lowest BCUT2D eigenvalue weighted by atomic mass is 10.1. The van der Waals surface area contributed by atoms with E-state index in [1.165, 1.54) is 6.07 Å². The maximum Gasteiger partial charge on any atom is 0.311 e. The molecule has 18 heavy (non-hydrogen) atoms. The van der Waals surface area contributed by atoms with Gasteiger partial charge in [-0.3, -0.25) is 14.9 Å². The van der Waals surface area contributed by atoms with E-state index in [0.29, 0.717) is 18.5 Å². The van der Waals surface area contributed by atoms with Crippen molar-refractivity contribution in [2.45, 2.75) is 19.8 Å². The molecule has 96 valence electrons. The summed E-state index contributed by atoms with van der Waals surface area (Å²) in [5.41, 5.74) is 0.396. The van der Waals surface area contributed by atoms with Crippen LogP contribution in [-0.2, 0) is 4.79 Å². The fourth-order valence-corrected chi connectivity index (χ4v) is 1.91. The number of carboxylic acids is 1. The monoisotopic (exact) mass is 250 g/mol. The molecule has 0 aromatic heterocycles. The average molecular weight is 250 g/mol. The summed E-state index contributed by atoms with van der Waals surface area (Å²) in [5, 5.41) is 22.9. The van der Waals surface area contributed by atoms with Crippen molar-refractivity contribution in [2.75, 3.05) is 11.9 Å². The molecule has 0 heterocycles. The minimum atomic E-state index is -0.841. The predicted molar refractivity (Wildman–Crippen MR) is 65.6 cm³/mol. The van der Waals surface area contributed by atoms with Crippen LogP contribution in [0.25, 0.3) is 0 Å². The Bertz CT molecular complexity index is 509. The van der Waals surface area contributed by atoms with Crippen molar-refractivity contribution in [2.24, 2.45) is 5.41 Å². The molecular formula is C12H14N2O4. The molecule has 0 amide bonds. The van der Waals surface area contributed by atoms with Gasteiger partial charge in [0.15, 0.2) is 0 Å². The van der Waals surface area contributed by atoms with Gasteiger partial charge in [0.25, 0.3) is 5.69 Å². The number of anilines is 1. The second-order valence-corrected chi connectivity index (χ2v) is 4.67. The fourth-order valence-electron chi connectivity index (χ4n) is 1.91. The van der Waals surface area contributed by atoms with Crippen LogP contribution in [0.4, 0.5) is 11.4 Å². The number of hydrogen-bond acceptors (Lipinski definition) is 4. The summed E-state index contributed by atoms with van der Waals surface area (Å²) < 4.78 is 0. The van der Waals surface area contributed by atoms with E-state index in [-0.39, 0.29) is 12.2 Å². The van der Waals surface area contributed by atoms with Crippen molar-refractivity contribution in [1.82, 2.24) is 0 Å². The molecule has 0 spiro atoms. The predicted octanol–water partition coefficient (Wildman–Crippen LogP) is 2.18. The van der Waals surface area contributed by atoms with Crippen LogP contribution in [-0.4, -0.2) is 22.5 Å². The largest absolute Gasteiger partial charge is 0.481 e. The summed E-state index contributed by atoms with van der Waals surface area (Å²) in [6, 6.07) is 4.79. The first-order chi connectivity index (χ1) is 8.46. The number of nitro benzene ring substituents is 1. The van der Waals surface area contributed by atoms with E-state index in [1.54, 1.807) is 19.1 Å². The zero-order valence-electron chi connectivity index (χ0n) is 9.97. The molecule has 1 aliphatic carbocycles. The van der Waals surface area contributed by atoms with Crippen molar-refractivity contribution in [3.05, 3.63) is 33.9 Å². The highest BCUT2D eigenvalue weighted by Crippen LogP contribution is 2.46. The van der Waals surface area contributed by atoms with Gasteiger partial charge in [-0.2, -0.15) is 0 Å². The lowest BCUT2D eigenvalue weighted by molar-refractivity contribution is -0.384. The summed E-state index contributed by atoms with van der Waals surface area (Å²) in [6.45, 7) is 1.99. The first-order valence-electron chi connectivity index (χ1n) is 5.67. The third-order valence-electron chi connectivity index (χ3n) is 3.36. The van der Waals surface area contributed by atoms with Crippen molar-refractivity contribution in [3.63, 3.8) is 0 Å². The molecule has 1 fully saturated rings. The smallest absolute Gasteiger partial charge is 0.311 e. The molecule has 0 saturated heterocycles. The minimum absolute atomic E-state index is 0.0174. The van der Waals surface area contributed by atoms with Gasteiger partial charge in [-0.1, -0.05) is 12.1 Å². The maximum atomic E-state index is 11.0. The summed E-state index contributed by atoms with van der Waals surface area (Å²) in [7, 11) is 0. The fraction of sp³-hybridized carbons (Fsp3) is 0.417. The molecule has 6 heteroatoms. The summed E-state index contributed by atoms with van der Waals surface area (Å²) >= 11 is 0. The Morgan fingerprint density at radius 2 is 2.22 bits per heavy atom. The Morgan fingerprint density at radius 1 is 1.56 bits per heavy atom. The van der Waals surface area contributed by atoms with Crippen LogP contribution in [0.15, 0.2) is 18.2 Å². The number of nitrogens with one attached hydrogen (secondary N) is 1. The van der Waals surface area contributed by atoms with E-state index in [0.717, 1.165) is 5.56 Å². The number of aryl methyl sites for hydroxylation is 1. The van der Waals surface area contributed by atoms with E-state index in [9.17, 15) is 14.9 Å². The van der Waals surface area contributed by atoms with Gasteiger partial charge in [0.2, 0.25) is 0 Å². The number of aliphatic carboxylic acids is 1. The molecule has 0 atom stereocenters. The van der Waals surface area contributed by atoms with Crippen LogP contribution < -0.4 is 5.32 Å². The van der Waals surface area contributed by atoms with Crippen molar-refractivity contribution < 1.29 is 14.8 Å². The number of hydrogen-bond donors (Lipinski definition) is 2. The van der Waals surface area contributed by atoms with Crippen molar-refractivity contribution in [3.8, 4) is 0 Å². The highest BCUT2D eigenvalue weighted by atomic mass is 16.6. The number of rotatable bonds is 5. The topological polar surface area (TPSA) is 92.5 Å². The minimum Gasteiger partial charge on any atom is -0.481 e. The number of carbonyl (C=O) groups is 1. The number of nitro groups is 1. The second-order valence-electron chi connectivity index (χ2n) is 4.67. The van der Waals surface area contributed by atoms with Crippen LogP contribution in [0, 0.1) is 22.5 Å². The molecule has 0 unspecified atom stereocenters. The van der Waals surface area contributed by atoms with Gasteiger partial charge in [0.1, 0.15) is 5.69 Å². The number of carboxylic acid groups (broad SMARTS) is 1. The Kier molecular flexibility index (Phi) is 2.94. The molecule has 0 aliphatic heterocycles. The third-order valence-corrected chi connectivity index (χ3v) is 3.36. The highest BCUT2D eigenvalue weighted by Gasteiger charge is 2.50. The summed E-state index contributed by atoms with van der Waals surface area (Å²) in [6.07, 6.45) is 1.24. The zero-order valence-corrected chi connectivity index (χ0v) is 9.97. The first kappa shape index (κ1) is 12.3. The first-order valence-corrected chi connectivity index (χ1v) is 5.67. The number of benzene rings is 1. The molecule has 0 radical (unpaired) electrons. The van der Waals surface area contributed by atoms with Gasteiger partial charge in [-0.05, 0) is 25.3 Å². The molecule has 6 nitrogen and oxygen atoms in total. The summed E-state index contributed by atoms with van der Waals surface area (Å²) in [4.78, 5) is 21.5. The third kappa shape index (κ3) is 2.13. The van der Waals surface area contributed by atoms with Crippen LogP contribution >= 0.6 is 0 Å². The molecule has 2 rings (SSSR count). The Morgan fingerprint density at radius 3 is 2.72 bits per heavy atom. The Labute approximate surface area is 104 Å². The molecule has 2 N–H and O–H groups in total. The maximum absolute atomic E-state index is 11.0. The van der Waals surface area contributed by atoms with Crippen LogP contribution in [0.3, 0.4) is 0 Å². The molecule has 1 aromatic rings. The SMILES string of the molecule is Cc1cccc([N+](=O)[O-])c1NCC1(C(=O)O)CC1. The highest BCUT2D eigenvalue weighted by molar-refractivity contribution is 5.79. The number of nitrogens with zero attached hydrogens (tertiary/aromatic N) is 1. The van der Waals surface area contributed by atoms with Gasteiger partial charge in [0.05, 0.1) is 10.3 Å². The van der Waals surface area contributed by atoms with Gasteiger partial charge in [-0.25, -0.2) is 0 Å². The van der Waals surface area contributed by atoms with E-state index < -0.39 is 16.3 Å². The van der Waals surface area contributed by atoms with E-state index in [4.69, 9.17) is 5.11 Å². The van der Waals surface area contributed by atoms with E-state index in [2.05, 4.69) is 5.32 Å². The molecule has 1 saturated carbocycles. The van der Waals surface area contributed by atoms with Gasteiger partial charge < -0.3 is 10.4 Å².